The first-order valence-electron chi connectivity index (χ1n) is 12.1. The zero-order valence-corrected chi connectivity index (χ0v) is 18.9. The second-order valence-corrected chi connectivity index (χ2v) is 9.71. The van der Waals surface area contributed by atoms with Crippen LogP contribution in [0.15, 0.2) is 29.3 Å². The standard InChI is InChI=1S/C25H33N3O4/c1-2-9-25-10-7-20(26-21(25)8-17-32-25)18-3-5-19(6-4-18)22(29)27-13-15-28(16-14-27)23(30)24(31)11-12-24/h3-6,20,31H,2,7-17H2,1H3. The molecule has 2 saturated heterocycles. The van der Waals surface area contributed by atoms with Gasteiger partial charge in [0.15, 0.2) is 0 Å². The monoisotopic (exact) mass is 439 g/mol. The molecule has 1 saturated carbocycles. The van der Waals surface area contributed by atoms with Gasteiger partial charge in [-0.25, -0.2) is 0 Å². The smallest absolute Gasteiger partial charge is 0.254 e. The molecule has 7 heteroatoms. The third kappa shape index (κ3) is 3.86. The number of ether oxygens (including phenoxy) is 1. The molecule has 1 aliphatic carbocycles. The minimum atomic E-state index is -1.13. The predicted octanol–water partition coefficient (Wildman–Crippen LogP) is 2.73. The van der Waals surface area contributed by atoms with Crippen LogP contribution in [0.2, 0.25) is 0 Å². The van der Waals surface area contributed by atoms with Gasteiger partial charge >= 0.3 is 0 Å². The number of piperazine rings is 1. The topological polar surface area (TPSA) is 82.4 Å². The first-order chi connectivity index (χ1) is 15.4. The number of benzene rings is 1. The number of hydrogen-bond acceptors (Lipinski definition) is 5. The van der Waals surface area contributed by atoms with E-state index in [1.54, 1.807) is 9.80 Å². The number of aliphatic imine (C=N–C) groups is 1. The number of aliphatic hydroxyl groups is 1. The average molecular weight is 440 g/mol. The van der Waals surface area contributed by atoms with Gasteiger partial charge in [0.2, 0.25) is 0 Å². The number of hydrogen-bond donors (Lipinski definition) is 1. The van der Waals surface area contributed by atoms with Crippen molar-refractivity contribution < 1.29 is 19.4 Å². The van der Waals surface area contributed by atoms with Crippen molar-refractivity contribution in [2.24, 2.45) is 4.99 Å². The maximum Gasteiger partial charge on any atom is 0.254 e. The molecule has 172 valence electrons. The van der Waals surface area contributed by atoms with E-state index in [1.165, 1.54) is 5.71 Å². The Hall–Kier alpha value is -2.25. The first kappa shape index (κ1) is 21.6. The zero-order valence-electron chi connectivity index (χ0n) is 18.9. The molecule has 0 aromatic heterocycles. The van der Waals surface area contributed by atoms with Gasteiger partial charge in [0.1, 0.15) is 11.2 Å². The van der Waals surface area contributed by atoms with Crippen molar-refractivity contribution in [3.05, 3.63) is 35.4 Å². The molecular formula is C25H33N3O4. The summed E-state index contributed by atoms with van der Waals surface area (Å²) in [6, 6.07) is 8.02. The van der Waals surface area contributed by atoms with Crippen molar-refractivity contribution in [2.45, 2.75) is 69.1 Å². The van der Waals surface area contributed by atoms with Gasteiger partial charge in [-0.1, -0.05) is 25.5 Å². The maximum absolute atomic E-state index is 13.0. The number of amides is 2. The summed E-state index contributed by atoms with van der Waals surface area (Å²) in [6.07, 6.45) is 6.17. The van der Waals surface area contributed by atoms with E-state index in [2.05, 4.69) is 6.92 Å². The van der Waals surface area contributed by atoms with Crippen molar-refractivity contribution in [2.75, 3.05) is 32.8 Å². The van der Waals surface area contributed by atoms with E-state index < -0.39 is 5.60 Å². The summed E-state index contributed by atoms with van der Waals surface area (Å²) in [4.78, 5) is 33.8. The average Bonchev–Trinajstić information content (AvgIpc) is 3.44. The minimum absolute atomic E-state index is 0.00473. The Balaban J connectivity index is 1.21. The lowest BCUT2D eigenvalue weighted by Crippen LogP contribution is -2.53. The van der Waals surface area contributed by atoms with Gasteiger partial charge in [-0.05, 0) is 49.8 Å². The SMILES string of the molecule is CCCC12CCC(c3ccc(C(=O)N4CCN(C(=O)C5(O)CC5)CC4)cc3)N=C1CCO2. The summed E-state index contributed by atoms with van der Waals surface area (Å²) < 4.78 is 6.11. The Morgan fingerprint density at radius 3 is 2.44 bits per heavy atom. The van der Waals surface area contributed by atoms with Crippen LogP contribution in [0.4, 0.5) is 0 Å². The lowest BCUT2D eigenvalue weighted by Gasteiger charge is -2.36. The van der Waals surface area contributed by atoms with Gasteiger partial charge in [-0.3, -0.25) is 14.6 Å². The molecule has 32 heavy (non-hydrogen) atoms. The van der Waals surface area contributed by atoms with Gasteiger partial charge in [-0.2, -0.15) is 0 Å². The van der Waals surface area contributed by atoms with Crippen molar-refractivity contribution in [3.8, 4) is 0 Å². The van der Waals surface area contributed by atoms with Gasteiger partial charge in [0.05, 0.1) is 12.6 Å². The molecule has 2 atom stereocenters. The molecule has 4 aliphatic rings. The van der Waals surface area contributed by atoms with Crippen LogP contribution >= 0.6 is 0 Å². The Kier molecular flexibility index (Phi) is 5.58. The second kappa shape index (κ2) is 8.27. The van der Waals surface area contributed by atoms with Crippen LogP contribution in [0.1, 0.15) is 73.8 Å². The fourth-order valence-corrected chi connectivity index (χ4v) is 5.43. The fourth-order valence-electron chi connectivity index (χ4n) is 5.43. The van der Waals surface area contributed by atoms with Crippen LogP contribution in [0.5, 0.6) is 0 Å². The van der Waals surface area contributed by atoms with Crippen molar-refractivity contribution >= 4 is 17.5 Å². The van der Waals surface area contributed by atoms with Crippen LogP contribution in [0, 0.1) is 0 Å². The summed E-state index contributed by atoms with van der Waals surface area (Å²) in [5.41, 5.74) is 1.78. The molecule has 5 rings (SSSR count). The highest BCUT2D eigenvalue weighted by Gasteiger charge is 2.50. The third-order valence-electron chi connectivity index (χ3n) is 7.55. The molecule has 2 unspecified atom stereocenters. The molecule has 3 fully saturated rings. The molecular weight excluding hydrogens is 406 g/mol. The van der Waals surface area contributed by atoms with E-state index in [4.69, 9.17) is 9.73 Å². The molecule has 3 heterocycles. The van der Waals surface area contributed by atoms with Crippen LogP contribution in [0.3, 0.4) is 0 Å². The van der Waals surface area contributed by atoms with Crippen molar-refractivity contribution in [1.29, 1.82) is 0 Å². The maximum atomic E-state index is 13.0. The lowest BCUT2D eigenvalue weighted by molar-refractivity contribution is -0.143. The zero-order chi connectivity index (χ0) is 22.3. The summed E-state index contributed by atoms with van der Waals surface area (Å²) >= 11 is 0. The summed E-state index contributed by atoms with van der Waals surface area (Å²) in [7, 11) is 0. The van der Waals surface area contributed by atoms with Crippen molar-refractivity contribution in [1.82, 2.24) is 9.80 Å². The van der Waals surface area contributed by atoms with E-state index in [0.717, 1.165) is 44.3 Å². The first-order valence-corrected chi connectivity index (χ1v) is 12.1. The van der Waals surface area contributed by atoms with E-state index in [0.29, 0.717) is 44.6 Å². The van der Waals surface area contributed by atoms with Crippen molar-refractivity contribution in [3.63, 3.8) is 0 Å². The Labute approximate surface area is 189 Å². The Bertz CT molecular complexity index is 916. The van der Waals surface area contributed by atoms with Gasteiger partial charge in [-0.15, -0.1) is 0 Å². The highest BCUT2D eigenvalue weighted by atomic mass is 16.5. The summed E-state index contributed by atoms with van der Waals surface area (Å²) in [6.45, 7) is 4.93. The second-order valence-electron chi connectivity index (χ2n) is 9.71. The van der Waals surface area contributed by atoms with Crippen LogP contribution in [0.25, 0.3) is 0 Å². The minimum Gasteiger partial charge on any atom is -0.380 e. The highest BCUT2D eigenvalue weighted by Crippen LogP contribution is 2.41. The molecule has 0 radical (unpaired) electrons. The van der Waals surface area contributed by atoms with Gasteiger partial charge in [0, 0.05) is 43.9 Å². The number of carbonyl (C=O) groups excluding carboxylic acids is 2. The quantitative estimate of drug-likeness (QED) is 0.765. The number of fused-ring (bicyclic) bond motifs is 1. The molecule has 1 N–H and O–H groups in total. The Morgan fingerprint density at radius 1 is 1.09 bits per heavy atom. The normalized spacial score (nSPS) is 28.8. The molecule has 0 bridgehead atoms. The van der Waals surface area contributed by atoms with E-state index in [1.807, 2.05) is 24.3 Å². The summed E-state index contributed by atoms with van der Waals surface area (Å²) in [5, 5.41) is 10.0. The number of nitrogens with zero attached hydrogens (tertiary/aromatic N) is 3. The molecule has 3 aliphatic heterocycles. The van der Waals surface area contributed by atoms with Gasteiger partial charge in [0.25, 0.3) is 11.8 Å². The van der Waals surface area contributed by atoms with E-state index in [9.17, 15) is 14.7 Å². The van der Waals surface area contributed by atoms with Crippen LogP contribution in [-0.2, 0) is 9.53 Å². The number of rotatable bonds is 5. The molecule has 1 aromatic carbocycles. The van der Waals surface area contributed by atoms with Gasteiger partial charge < -0.3 is 19.6 Å². The molecule has 1 aromatic rings. The molecule has 0 spiro atoms. The Morgan fingerprint density at radius 2 is 1.78 bits per heavy atom. The van der Waals surface area contributed by atoms with E-state index in [-0.39, 0.29) is 23.5 Å². The highest BCUT2D eigenvalue weighted by molar-refractivity contribution is 5.95. The molecule has 2 amide bonds. The van der Waals surface area contributed by atoms with E-state index >= 15 is 0 Å². The summed E-state index contributed by atoms with van der Waals surface area (Å²) in [5.74, 6) is -0.187. The van der Waals surface area contributed by atoms with Crippen LogP contribution < -0.4 is 0 Å². The fraction of sp³-hybridized carbons (Fsp3) is 0.640. The lowest BCUT2D eigenvalue weighted by atomic mass is 9.82. The predicted molar refractivity (Wildman–Crippen MR) is 121 cm³/mol. The largest absolute Gasteiger partial charge is 0.380 e. The third-order valence-corrected chi connectivity index (χ3v) is 7.55. The van der Waals surface area contributed by atoms with Crippen LogP contribution in [-0.4, -0.2) is 76.4 Å². The number of carbonyl (C=O) groups is 2. The molecule has 7 nitrogen and oxygen atoms in total.